The first-order valence-corrected chi connectivity index (χ1v) is 11.7. The van der Waals surface area contributed by atoms with Crippen molar-refractivity contribution in [2.75, 3.05) is 27.2 Å². The van der Waals surface area contributed by atoms with Crippen LogP contribution in [0, 0.1) is 0 Å². The Balaban J connectivity index is 1.51. The van der Waals surface area contributed by atoms with E-state index in [1.165, 1.54) is 34.0 Å². The van der Waals surface area contributed by atoms with Crippen LogP contribution in [-0.2, 0) is 10.2 Å². The van der Waals surface area contributed by atoms with E-state index in [-0.39, 0.29) is 18.1 Å². The summed E-state index contributed by atoms with van der Waals surface area (Å²) < 4.78 is 33.0. The molecule has 0 saturated carbocycles. The number of nitrogens with zero attached hydrogens (tertiary/aromatic N) is 3. The third kappa shape index (κ3) is 5.33. The van der Waals surface area contributed by atoms with Crippen molar-refractivity contribution in [1.29, 1.82) is 0 Å². The third-order valence-electron chi connectivity index (χ3n) is 4.78. The van der Waals surface area contributed by atoms with Crippen LogP contribution in [0.3, 0.4) is 0 Å². The molecule has 0 radical (unpaired) electrons. The van der Waals surface area contributed by atoms with Gasteiger partial charge in [0, 0.05) is 44.3 Å². The summed E-state index contributed by atoms with van der Waals surface area (Å²) >= 11 is 1.50. The van der Waals surface area contributed by atoms with Crippen molar-refractivity contribution in [3.63, 3.8) is 0 Å². The molecule has 2 aromatic rings. The molecule has 3 rings (SSSR count). The molecule has 158 valence electrons. The van der Waals surface area contributed by atoms with E-state index in [2.05, 4.69) is 10.3 Å². The minimum absolute atomic E-state index is 0.0480. The van der Waals surface area contributed by atoms with Gasteiger partial charge in [0.15, 0.2) is 0 Å². The Morgan fingerprint density at radius 1 is 1.28 bits per heavy atom. The van der Waals surface area contributed by atoms with E-state index in [1.807, 2.05) is 12.3 Å². The number of carbonyl (C=O) groups excluding carboxylic acids is 1. The van der Waals surface area contributed by atoms with Gasteiger partial charge in [-0.15, -0.1) is 11.3 Å². The van der Waals surface area contributed by atoms with E-state index in [1.54, 1.807) is 30.5 Å². The summed E-state index contributed by atoms with van der Waals surface area (Å²) in [4.78, 5) is 16.6. The molecule has 29 heavy (non-hydrogen) atoms. The Morgan fingerprint density at radius 2 is 1.93 bits per heavy atom. The van der Waals surface area contributed by atoms with E-state index in [9.17, 15) is 13.2 Å². The lowest BCUT2D eigenvalue weighted by atomic mass is 10.1. The van der Waals surface area contributed by atoms with E-state index < -0.39 is 10.2 Å². The van der Waals surface area contributed by atoms with Crippen molar-refractivity contribution >= 4 is 27.5 Å². The van der Waals surface area contributed by atoms with Crippen molar-refractivity contribution < 1.29 is 17.9 Å². The van der Waals surface area contributed by atoms with E-state index in [0.29, 0.717) is 37.2 Å². The molecule has 8 nitrogen and oxygen atoms in total. The van der Waals surface area contributed by atoms with Crippen LogP contribution in [0.4, 0.5) is 0 Å². The van der Waals surface area contributed by atoms with Crippen LogP contribution >= 0.6 is 11.3 Å². The average molecular weight is 439 g/mol. The Kier molecular flexibility index (Phi) is 6.89. The zero-order valence-corrected chi connectivity index (χ0v) is 18.4. The van der Waals surface area contributed by atoms with Crippen LogP contribution in [0.15, 0.2) is 35.8 Å². The second-order valence-corrected chi connectivity index (χ2v) is 10.2. The fourth-order valence-electron chi connectivity index (χ4n) is 3.08. The molecule has 1 aliphatic heterocycles. The van der Waals surface area contributed by atoms with Gasteiger partial charge in [0.1, 0.15) is 16.9 Å². The van der Waals surface area contributed by atoms with Gasteiger partial charge < -0.3 is 10.1 Å². The highest BCUT2D eigenvalue weighted by Crippen LogP contribution is 2.22. The molecule has 1 aromatic heterocycles. The van der Waals surface area contributed by atoms with Crippen LogP contribution in [0.1, 0.15) is 41.2 Å². The van der Waals surface area contributed by atoms with Gasteiger partial charge in [-0.2, -0.15) is 17.0 Å². The van der Waals surface area contributed by atoms with E-state index in [4.69, 9.17) is 4.74 Å². The molecule has 1 aromatic carbocycles. The number of aromatic nitrogens is 1. The highest BCUT2D eigenvalue weighted by molar-refractivity contribution is 7.86. The summed E-state index contributed by atoms with van der Waals surface area (Å²) in [5.41, 5.74) is 0.549. The number of benzene rings is 1. The van der Waals surface area contributed by atoms with Crippen LogP contribution in [0.25, 0.3) is 0 Å². The van der Waals surface area contributed by atoms with Crippen LogP contribution in [0.2, 0.25) is 0 Å². The summed E-state index contributed by atoms with van der Waals surface area (Å²) in [7, 11) is -0.305. The van der Waals surface area contributed by atoms with Crippen molar-refractivity contribution in [1.82, 2.24) is 18.9 Å². The predicted octanol–water partition coefficient (Wildman–Crippen LogP) is 2.28. The summed E-state index contributed by atoms with van der Waals surface area (Å²) in [5, 5.41) is 5.67. The minimum atomic E-state index is -3.37. The fourth-order valence-corrected chi connectivity index (χ4v) is 4.86. The molecule has 0 spiro atoms. The molecule has 2 heterocycles. The Morgan fingerprint density at radius 3 is 2.48 bits per heavy atom. The number of hydrogen-bond acceptors (Lipinski definition) is 6. The Hall–Kier alpha value is -2.01. The van der Waals surface area contributed by atoms with Gasteiger partial charge in [-0.1, -0.05) is 0 Å². The lowest BCUT2D eigenvalue weighted by Crippen LogP contribution is -2.46. The zero-order chi connectivity index (χ0) is 21.0. The van der Waals surface area contributed by atoms with Gasteiger partial charge in [0.05, 0.1) is 6.04 Å². The largest absolute Gasteiger partial charge is 0.490 e. The number of hydrogen-bond donors (Lipinski definition) is 1. The lowest BCUT2D eigenvalue weighted by Gasteiger charge is -2.32. The van der Waals surface area contributed by atoms with Crippen LogP contribution in [0.5, 0.6) is 5.75 Å². The summed E-state index contributed by atoms with van der Waals surface area (Å²) in [6.07, 6.45) is 2.92. The Bertz CT molecular complexity index is 906. The minimum Gasteiger partial charge on any atom is -0.490 e. The third-order valence-corrected chi connectivity index (χ3v) is 7.68. The van der Waals surface area contributed by atoms with Crippen molar-refractivity contribution in [3.05, 3.63) is 46.4 Å². The molecule has 0 aliphatic carbocycles. The van der Waals surface area contributed by atoms with Gasteiger partial charge in [0.2, 0.25) is 0 Å². The summed E-state index contributed by atoms with van der Waals surface area (Å²) in [6, 6.07) is 6.84. The highest BCUT2D eigenvalue weighted by Gasteiger charge is 2.30. The number of ether oxygens (including phenoxy) is 1. The molecule has 1 aliphatic rings. The van der Waals surface area contributed by atoms with Crippen molar-refractivity contribution in [2.24, 2.45) is 0 Å². The van der Waals surface area contributed by atoms with E-state index in [0.717, 1.165) is 5.01 Å². The maximum absolute atomic E-state index is 12.4. The normalized spacial score (nSPS) is 17.2. The first-order chi connectivity index (χ1) is 13.8. The van der Waals surface area contributed by atoms with Gasteiger partial charge in [-0.25, -0.2) is 4.98 Å². The van der Waals surface area contributed by atoms with Crippen LogP contribution < -0.4 is 10.1 Å². The monoisotopic (exact) mass is 438 g/mol. The van der Waals surface area contributed by atoms with Crippen molar-refractivity contribution in [2.45, 2.75) is 31.9 Å². The second kappa shape index (κ2) is 9.21. The summed E-state index contributed by atoms with van der Waals surface area (Å²) in [6.45, 7) is 2.76. The number of rotatable bonds is 7. The zero-order valence-electron chi connectivity index (χ0n) is 16.7. The topological polar surface area (TPSA) is 91.8 Å². The van der Waals surface area contributed by atoms with E-state index >= 15 is 0 Å². The Labute approximate surface area is 175 Å². The smallest absolute Gasteiger partial charge is 0.281 e. The summed E-state index contributed by atoms with van der Waals surface area (Å²) in [5.74, 6) is 0.505. The van der Waals surface area contributed by atoms with Gasteiger partial charge in [0.25, 0.3) is 16.1 Å². The molecular weight excluding hydrogens is 412 g/mol. The molecule has 1 atom stereocenters. The first-order valence-electron chi connectivity index (χ1n) is 9.42. The number of piperidine rings is 1. The van der Waals surface area contributed by atoms with Crippen LogP contribution in [-0.4, -0.2) is 61.2 Å². The average Bonchev–Trinajstić information content (AvgIpc) is 3.24. The van der Waals surface area contributed by atoms with Gasteiger partial charge >= 0.3 is 0 Å². The molecule has 1 N–H and O–H groups in total. The SMILES string of the molecule is CC(NC(=O)c1ccc(OC2CCN(S(=O)(=O)N(C)C)CC2)cc1)c1nccs1. The highest BCUT2D eigenvalue weighted by atomic mass is 32.2. The fraction of sp³-hybridized carbons (Fsp3) is 0.474. The number of nitrogens with one attached hydrogen (secondary N) is 1. The maximum atomic E-state index is 12.4. The molecular formula is C19H26N4O4S2. The molecule has 10 heteroatoms. The van der Waals surface area contributed by atoms with Crippen molar-refractivity contribution in [3.8, 4) is 5.75 Å². The van der Waals surface area contributed by atoms with Gasteiger partial charge in [-0.05, 0) is 44.0 Å². The number of carbonyl (C=O) groups is 1. The molecule has 1 saturated heterocycles. The predicted molar refractivity (Wildman–Crippen MR) is 112 cm³/mol. The number of thiazole rings is 1. The maximum Gasteiger partial charge on any atom is 0.281 e. The first kappa shape index (κ1) is 21.7. The number of amides is 1. The second-order valence-electron chi connectivity index (χ2n) is 7.10. The quantitative estimate of drug-likeness (QED) is 0.716. The lowest BCUT2D eigenvalue weighted by molar-refractivity contribution is 0.0939. The van der Waals surface area contributed by atoms with Gasteiger partial charge in [-0.3, -0.25) is 4.79 Å². The molecule has 1 unspecified atom stereocenters. The molecule has 0 bridgehead atoms. The molecule has 1 amide bonds. The standard InChI is InChI=1S/C19H26N4O4S2/c1-14(19-20-10-13-28-19)21-18(24)15-4-6-16(7-5-15)27-17-8-11-23(12-9-17)29(25,26)22(2)3/h4-7,10,13-14,17H,8-9,11-12H2,1-3H3,(H,21,24). The molecule has 1 fully saturated rings.